The van der Waals surface area contributed by atoms with Gasteiger partial charge in [0.05, 0.1) is 10.6 Å². The molecule has 0 aliphatic carbocycles. The Morgan fingerprint density at radius 2 is 2.08 bits per heavy atom. The minimum atomic E-state index is -4.05. The number of carbonyl (C=O) groups excluding carboxylic acids is 1. The predicted molar refractivity (Wildman–Crippen MR) is 93.3 cm³/mol. The molecule has 0 spiro atoms. The van der Waals surface area contributed by atoms with Crippen LogP contribution in [0.1, 0.15) is 11.9 Å². The molecule has 25 heavy (non-hydrogen) atoms. The van der Waals surface area contributed by atoms with Crippen molar-refractivity contribution in [2.45, 2.75) is 18.2 Å². The summed E-state index contributed by atoms with van der Waals surface area (Å²) in [6.45, 7) is 1.83. The van der Waals surface area contributed by atoms with Crippen LogP contribution in [0.2, 0.25) is 0 Å². The maximum absolute atomic E-state index is 12.8. The molecule has 0 radical (unpaired) electrons. The molecule has 0 fully saturated rings. The number of para-hydroxylation sites is 1. The van der Waals surface area contributed by atoms with Crippen LogP contribution in [0.5, 0.6) is 0 Å². The summed E-state index contributed by atoms with van der Waals surface area (Å²) < 4.78 is 30.5. The summed E-state index contributed by atoms with van der Waals surface area (Å²) >= 11 is 1.23. The summed E-state index contributed by atoms with van der Waals surface area (Å²) in [4.78, 5) is 13.9. The topological polar surface area (TPSA) is 114 Å². The van der Waals surface area contributed by atoms with E-state index in [9.17, 15) is 13.2 Å². The average Bonchev–Trinajstić information content (AvgIpc) is 3.06. The van der Waals surface area contributed by atoms with Crippen molar-refractivity contribution in [3.05, 3.63) is 29.3 Å². The second-order valence-corrected chi connectivity index (χ2v) is 7.90. The molecule has 1 aliphatic rings. The Morgan fingerprint density at radius 1 is 1.32 bits per heavy atom. The molecule has 9 nitrogen and oxygen atoms in total. The molecule has 1 aromatic carbocycles. The van der Waals surface area contributed by atoms with Crippen molar-refractivity contribution in [2.24, 2.45) is 5.10 Å². The van der Waals surface area contributed by atoms with Crippen LogP contribution in [-0.4, -0.2) is 43.4 Å². The second-order valence-electron chi connectivity index (χ2n) is 5.01. The van der Waals surface area contributed by atoms with Crippen LogP contribution in [0, 0.1) is 0 Å². The number of anilines is 2. The van der Waals surface area contributed by atoms with E-state index in [-0.39, 0.29) is 17.3 Å². The molecule has 1 N–H and O–H groups in total. The highest BCUT2D eigenvalue weighted by Gasteiger charge is 2.41. The lowest BCUT2D eigenvalue weighted by Crippen LogP contribution is -2.46. The van der Waals surface area contributed by atoms with Crippen LogP contribution < -0.4 is 10.3 Å². The molecule has 0 saturated heterocycles. The normalized spacial score (nSPS) is 17.6. The first kappa shape index (κ1) is 17.5. The van der Waals surface area contributed by atoms with E-state index in [1.807, 2.05) is 6.92 Å². The van der Waals surface area contributed by atoms with Crippen molar-refractivity contribution in [2.75, 3.05) is 24.2 Å². The molecule has 1 amide bonds. The van der Waals surface area contributed by atoms with Crippen LogP contribution in [0.4, 0.5) is 10.8 Å². The predicted octanol–water partition coefficient (Wildman–Crippen LogP) is 1.25. The summed E-state index contributed by atoms with van der Waals surface area (Å²) in [7, 11) is -2.64. The van der Waals surface area contributed by atoms with Crippen molar-refractivity contribution < 1.29 is 17.9 Å². The minimum absolute atomic E-state index is 0.00119. The fourth-order valence-corrected chi connectivity index (χ4v) is 4.30. The summed E-state index contributed by atoms with van der Waals surface area (Å²) in [5, 5.41) is 12.0. The van der Waals surface area contributed by atoms with Gasteiger partial charge in [-0.3, -0.25) is 9.69 Å². The smallest absolute Gasteiger partial charge is 0.292 e. The molecule has 0 atom stereocenters. The summed E-state index contributed by atoms with van der Waals surface area (Å²) in [6, 6.07) is 6.21. The first-order valence-corrected chi connectivity index (χ1v) is 9.60. The fourth-order valence-electron chi connectivity index (χ4n) is 2.26. The second kappa shape index (κ2) is 6.86. The van der Waals surface area contributed by atoms with Gasteiger partial charge in [0.15, 0.2) is 0 Å². The molecule has 3 rings (SSSR count). The van der Waals surface area contributed by atoms with Crippen molar-refractivity contribution in [1.29, 1.82) is 0 Å². The highest BCUT2D eigenvalue weighted by molar-refractivity contribution is 8.08. The monoisotopic (exact) mass is 381 g/mol. The average molecular weight is 381 g/mol. The third kappa shape index (κ3) is 3.13. The van der Waals surface area contributed by atoms with E-state index in [0.717, 1.165) is 5.01 Å². The Labute approximate surface area is 148 Å². The Bertz CT molecular complexity index is 938. The van der Waals surface area contributed by atoms with Gasteiger partial charge in [-0.25, -0.2) is 13.8 Å². The maximum Gasteiger partial charge on any atom is 0.292 e. The fraction of sp³-hybridized carbons (Fsp3) is 0.286. The van der Waals surface area contributed by atoms with Gasteiger partial charge in [0.1, 0.15) is 11.7 Å². The lowest BCUT2D eigenvalue weighted by atomic mass is 10.3. The molecule has 1 aliphatic heterocycles. The molecule has 132 valence electrons. The Hall–Kier alpha value is -2.37. The zero-order chi connectivity index (χ0) is 18.0. The number of rotatable bonds is 5. The quantitative estimate of drug-likeness (QED) is 0.775. The van der Waals surface area contributed by atoms with Gasteiger partial charge in [0.25, 0.3) is 5.91 Å². The van der Waals surface area contributed by atoms with E-state index in [2.05, 4.69) is 20.7 Å². The number of ether oxygens (including phenoxy) is 1. The molecule has 0 bridgehead atoms. The van der Waals surface area contributed by atoms with E-state index in [1.165, 1.54) is 29.4 Å². The van der Waals surface area contributed by atoms with Gasteiger partial charge < -0.3 is 4.74 Å². The van der Waals surface area contributed by atoms with Gasteiger partial charge >= 0.3 is 0 Å². The van der Waals surface area contributed by atoms with Crippen LogP contribution in [0.15, 0.2) is 34.3 Å². The zero-order valence-corrected chi connectivity index (χ0v) is 15.1. The lowest BCUT2D eigenvalue weighted by Gasteiger charge is -2.28. The first-order valence-electron chi connectivity index (χ1n) is 7.30. The van der Waals surface area contributed by atoms with E-state index < -0.39 is 20.8 Å². The Balaban J connectivity index is 2.03. The third-order valence-electron chi connectivity index (χ3n) is 3.41. The van der Waals surface area contributed by atoms with Crippen molar-refractivity contribution >= 4 is 42.9 Å². The molecule has 2 heterocycles. The van der Waals surface area contributed by atoms with E-state index in [0.29, 0.717) is 11.6 Å². The number of hydrazone groups is 1. The van der Waals surface area contributed by atoms with Crippen LogP contribution in [-0.2, 0) is 25.8 Å². The van der Waals surface area contributed by atoms with Crippen LogP contribution >= 0.6 is 11.3 Å². The van der Waals surface area contributed by atoms with Gasteiger partial charge in [0, 0.05) is 7.11 Å². The van der Waals surface area contributed by atoms with E-state index in [1.54, 1.807) is 18.2 Å². The number of hydrogen-bond acceptors (Lipinski definition) is 9. The van der Waals surface area contributed by atoms with Crippen LogP contribution in [0.3, 0.4) is 0 Å². The number of nitrogens with one attached hydrogen (secondary N) is 1. The largest absolute Gasteiger partial charge is 0.364 e. The van der Waals surface area contributed by atoms with Gasteiger partial charge in [-0.15, -0.1) is 10.2 Å². The summed E-state index contributed by atoms with van der Waals surface area (Å²) in [5.41, 5.74) is 2.78. The number of sulfone groups is 1. The Kier molecular flexibility index (Phi) is 4.79. The Morgan fingerprint density at radius 3 is 2.76 bits per heavy atom. The SMILES string of the molecule is CCc1nnc(NN=C2C(=O)N(COC)c3ccccc3S2(=O)=O)s1. The molecular weight excluding hydrogens is 366 g/mol. The highest BCUT2D eigenvalue weighted by atomic mass is 32.2. The number of aromatic nitrogens is 2. The molecule has 2 aromatic rings. The third-order valence-corrected chi connectivity index (χ3v) is 6.08. The first-order chi connectivity index (χ1) is 12.0. The highest BCUT2D eigenvalue weighted by Crippen LogP contribution is 2.32. The van der Waals surface area contributed by atoms with Crippen LogP contribution in [0.25, 0.3) is 0 Å². The van der Waals surface area contributed by atoms with Gasteiger partial charge in [-0.2, -0.15) is 5.10 Å². The zero-order valence-electron chi connectivity index (χ0n) is 13.5. The molecule has 0 unspecified atom stereocenters. The minimum Gasteiger partial charge on any atom is -0.364 e. The number of methoxy groups -OCH3 is 1. The maximum atomic E-state index is 12.8. The number of aryl methyl sites for hydroxylation is 1. The molecule has 1 aromatic heterocycles. The number of nitrogens with zero attached hydrogens (tertiary/aromatic N) is 4. The van der Waals surface area contributed by atoms with E-state index >= 15 is 0 Å². The number of amides is 1. The molecule has 11 heteroatoms. The standard InChI is InChI=1S/C14H15N5O4S2/c1-3-11-15-17-14(24-11)18-16-12-13(20)19(8-23-2)9-6-4-5-7-10(9)25(12,21)22/h4-7H,3,8H2,1-2H3,(H,17,18). The number of benzene rings is 1. The summed E-state index contributed by atoms with van der Waals surface area (Å²) in [6.07, 6.45) is 0.697. The lowest BCUT2D eigenvalue weighted by molar-refractivity contribution is -0.113. The van der Waals surface area contributed by atoms with Crippen molar-refractivity contribution in [3.63, 3.8) is 0 Å². The molecular formula is C14H15N5O4S2. The van der Waals surface area contributed by atoms with Gasteiger partial charge in [-0.05, 0) is 18.6 Å². The molecule has 0 saturated carbocycles. The number of hydrogen-bond donors (Lipinski definition) is 1. The van der Waals surface area contributed by atoms with Crippen molar-refractivity contribution in [1.82, 2.24) is 10.2 Å². The number of fused-ring (bicyclic) bond motifs is 1. The van der Waals surface area contributed by atoms with Gasteiger partial charge in [-0.1, -0.05) is 30.4 Å². The van der Waals surface area contributed by atoms with E-state index in [4.69, 9.17) is 4.74 Å². The number of carbonyl (C=O) groups is 1. The summed E-state index contributed by atoms with van der Waals surface area (Å²) in [5.74, 6) is -0.770. The van der Waals surface area contributed by atoms with Gasteiger partial charge in [0.2, 0.25) is 20.0 Å². The van der Waals surface area contributed by atoms with Crippen molar-refractivity contribution in [3.8, 4) is 0 Å².